The maximum absolute atomic E-state index is 11.4. The fraction of sp³-hybridized carbons (Fsp3) is 0.375. The standard InChI is InChI=1S/C8H7N3O/c9-3-6-4-10-5-11(8(6)12)7-1-2-7/h4-5,7H,1-2H2. The van der Waals surface area contributed by atoms with Crippen molar-refractivity contribution in [1.82, 2.24) is 9.55 Å². The lowest BCUT2D eigenvalue weighted by Crippen LogP contribution is -2.21. The molecule has 0 aliphatic heterocycles. The summed E-state index contributed by atoms with van der Waals surface area (Å²) >= 11 is 0. The summed E-state index contributed by atoms with van der Waals surface area (Å²) in [7, 11) is 0. The Bertz CT molecular complexity index is 397. The van der Waals surface area contributed by atoms with E-state index in [2.05, 4.69) is 4.98 Å². The molecule has 4 nitrogen and oxygen atoms in total. The normalized spacial score (nSPS) is 15.6. The highest BCUT2D eigenvalue weighted by Crippen LogP contribution is 2.32. The topological polar surface area (TPSA) is 58.7 Å². The molecule has 2 rings (SSSR count). The highest BCUT2D eigenvalue weighted by Gasteiger charge is 2.25. The van der Waals surface area contributed by atoms with Gasteiger partial charge in [-0.1, -0.05) is 0 Å². The van der Waals surface area contributed by atoms with Gasteiger partial charge in [0, 0.05) is 6.04 Å². The first-order valence-electron chi connectivity index (χ1n) is 3.79. The lowest BCUT2D eigenvalue weighted by Gasteiger charge is -1.99. The zero-order valence-electron chi connectivity index (χ0n) is 6.40. The Balaban J connectivity index is 2.57. The van der Waals surface area contributed by atoms with E-state index in [0.29, 0.717) is 6.04 Å². The lowest BCUT2D eigenvalue weighted by molar-refractivity contribution is 0.685. The van der Waals surface area contributed by atoms with Gasteiger partial charge < -0.3 is 0 Å². The molecule has 1 heterocycles. The van der Waals surface area contributed by atoms with Crippen molar-refractivity contribution in [2.24, 2.45) is 0 Å². The Morgan fingerprint density at radius 2 is 2.42 bits per heavy atom. The van der Waals surface area contributed by atoms with Crippen molar-refractivity contribution >= 4 is 0 Å². The van der Waals surface area contributed by atoms with E-state index in [1.54, 1.807) is 4.57 Å². The van der Waals surface area contributed by atoms with Gasteiger partial charge in [0.25, 0.3) is 5.56 Å². The predicted molar refractivity (Wildman–Crippen MR) is 41.5 cm³/mol. The van der Waals surface area contributed by atoms with Crippen LogP contribution in [0.25, 0.3) is 0 Å². The van der Waals surface area contributed by atoms with E-state index >= 15 is 0 Å². The first-order valence-corrected chi connectivity index (χ1v) is 3.79. The van der Waals surface area contributed by atoms with Crippen molar-refractivity contribution in [3.8, 4) is 6.07 Å². The number of hydrogen-bond acceptors (Lipinski definition) is 3. The number of aromatic nitrogens is 2. The summed E-state index contributed by atoms with van der Waals surface area (Å²) in [5.74, 6) is 0. The van der Waals surface area contributed by atoms with Crippen LogP contribution in [0.4, 0.5) is 0 Å². The zero-order chi connectivity index (χ0) is 8.55. The molecular weight excluding hydrogens is 154 g/mol. The first-order chi connectivity index (χ1) is 5.83. The average Bonchev–Trinajstić information content (AvgIpc) is 2.88. The van der Waals surface area contributed by atoms with Gasteiger partial charge >= 0.3 is 0 Å². The van der Waals surface area contributed by atoms with Gasteiger partial charge in [-0.15, -0.1) is 0 Å². The van der Waals surface area contributed by atoms with E-state index in [1.165, 1.54) is 12.5 Å². The molecule has 0 atom stereocenters. The molecule has 0 N–H and O–H groups in total. The second kappa shape index (κ2) is 2.45. The van der Waals surface area contributed by atoms with Crippen LogP contribution in [0.3, 0.4) is 0 Å². The number of rotatable bonds is 1. The molecule has 0 radical (unpaired) electrons. The Morgan fingerprint density at radius 3 is 3.00 bits per heavy atom. The predicted octanol–water partition coefficient (Wildman–Crippen LogP) is 0.450. The molecule has 12 heavy (non-hydrogen) atoms. The molecule has 0 aromatic carbocycles. The highest BCUT2D eigenvalue weighted by atomic mass is 16.1. The molecule has 0 spiro atoms. The van der Waals surface area contributed by atoms with Gasteiger partial charge in [-0.05, 0) is 12.8 Å². The maximum Gasteiger partial charge on any atom is 0.271 e. The molecule has 1 aromatic rings. The molecule has 1 saturated carbocycles. The third-order valence-electron chi connectivity index (χ3n) is 1.92. The van der Waals surface area contributed by atoms with Crippen LogP contribution in [-0.2, 0) is 0 Å². The van der Waals surface area contributed by atoms with Crippen LogP contribution >= 0.6 is 0 Å². The highest BCUT2D eigenvalue weighted by molar-refractivity contribution is 5.22. The third-order valence-corrected chi connectivity index (χ3v) is 1.92. The smallest absolute Gasteiger partial charge is 0.271 e. The van der Waals surface area contributed by atoms with E-state index in [-0.39, 0.29) is 11.1 Å². The maximum atomic E-state index is 11.4. The van der Waals surface area contributed by atoms with Crippen molar-refractivity contribution in [3.05, 3.63) is 28.4 Å². The molecule has 1 aliphatic rings. The largest absolute Gasteiger partial charge is 0.295 e. The Kier molecular flexibility index (Phi) is 1.44. The fourth-order valence-electron chi connectivity index (χ4n) is 1.12. The van der Waals surface area contributed by atoms with Crippen LogP contribution in [0.15, 0.2) is 17.3 Å². The van der Waals surface area contributed by atoms with Crippen molar-refractivity contribution in [2.45, 2.75) is 18.9 Å². The molecule has 1 aromatic heterocycles. The Morgan fingerprint density at radius 1 is 1.67 bits per heavy atom. The number of nitrogens with zero attached hydrogens (tertiary/aromatic N) is 3. The van der Waals surface area contributed by atoms with E-state index < -0.39 is 0 Å². The zero-order valence-corrected chi connectivity index (χ0v) is 6.40. The minimum Gasteiger partial charge on any atom is -0.295 e. The van der Waals surface area contributed by atoms with Gasteiger partial charge in [0.1, 0.15) is 11.6 Å². The summed E-state index contributed by atoms with van der Waals surface area (Å²) in [6.07, 6.45) is 4.86. The van der Waals surface area contributed by atoms with Crippen LogP contribution in [-0.4, -0.2) is 9.55 Å². The first kappa shape index (κ1) is 7.04. The van der Waals surface area contributed by atoms with Crippen molar-refractivity contribution in [1.29, 1.82) is 5.26 Å². The van der Waals surface area contributed by atoms with Gasteiger partial charge in [-0.3, -0.25) is 9.36 Å². The van der Waals surface area contributed by atoms with Crippen LogP contribution < -0.4 is 5.56 Å². The average molecular weight is 161 g/mol. The van der Waals surface area contributed by atoms with Gasteiger partial charge in [0.05, 0.1) is 12.5 Å². The SMILES string of the molecule is N#Cc1cncn(C2CC2)c1=O. The van der Waals surface area contributed by atoms with Crippen molar-refractivity contribution in [2.75, 3.05) is 0 Å². The molecule has 1 fully saturated rings. The van der Waals surface area contributed by atoms with Gasteiger partial charge in [0.2, 0.25) is 0 Å². The molecule has 0 saturated heterocycles. The monoisotopic (exact) mass is 161 g/mol. The van der Waals surface area contributed by atoms with E-state index in [4.69, 9.17) is 5.26 Å². The molecule has 0 unspecified atom stereocenters. The lowest BCUT2D eigenvalue weighted by atomic mass is 10.4. The summed E-state index contributed by atoms with van der Waals surface area (Å²) in [6.45, 7) is 0. The fourth-order valence-corrected chi connectivity index (χ4v) is 1.12. The van der Waals surface area contributed by atoms with Crippen LogP contribution in [0.1, 0.15) is 24.4 Å². The molecular formula is C8H7N3O. The van der Waals surface area contributed by atoms with E-state index in [9.17, 15) is 4.79 Å². The second-order valence-corrected chi connectivity index (χ2v) is 2.86. The molecule has 4 heteroatoms. The molecule has 1 aliphatic carbocycles. The van der Waals surface area contributed by atoms with Crippen LogP contribution in [0.5, 0.6) is 0 Å². The minimum atomic E-state index is -0.213. The van der Waals surface area contributed by atoms with E-state index in [1.807, 2.05) is 6.07 Å². The molecule has 0 amide bonds. The Labute approximate surface area is 69.1 Å². The summed E-state index contributed by atoms with van der Waals surface area (Å²) < 4.78 is 1.54. The quantitative estimate of drug-likeness (QED) is 0.600. The third kappa shape index (κ3) is 0.996. The summed E-state index contributed by atoms with van der Waals surface area (Å²) in [6, 6.07) is 2.11. The molecule has 60 valence electrons. The molecule has 0 bridgehead atoms. The van der Waals surface area contributed by atoms with Gasteiger partial charge in [0.15, 0.2) is 0 Å². The van der Waals surface area contributed by atoms with Crippen molar-refractivity contribution in [3.63, 3.8) is 0 Å². The van der Waals surface area contributed by atoms with Crippen LogP contribution in [0.2, 0.25) is 0 Å². The van der Waals surface area contributed by atoms with Crippen molar-refractivity contribution < 1.29 is 0 Å². The summed E-state index contributed by atoms with van der Waals surface area (Å²) in [5, 5.41) is 8.54. The summed E-state index contributed by atoms with van der Waals surface area (Å²) in [5.41, 5.74) is -0.0839. The number of nitriles is 1. The number of hydrogen-bond donors (Lipinski definition) is 0. The Hall–Kier alpha value is -1.63. The van der Waals surface area contributed by atoms with Gasteiger partial charge in [-0.25, -0.2) is 4.98 Å². The summed E-state index contributed by atoms with van der Waals surface area (Å²) in [4.78, 5) is 15.2. The van der Waals surface area contributed by atoms with Gasteiger partial charge in [-0.2, -0.15) is 5.26 Å². The second-order valence-electron chi connectivity index (χ2n) is 2.86. The minimum absolute atomic E-state index is 0.129. The van der Waals surface area contributed by atoms with E-state index in [0.717, 1.165) is 12.8 Å². The van der Waals surface area contributed by atoms with Crippen LogP contribution in [0, 0.1) is 11.3 Å².